The number of rotatable bonds is 5. The highest BCUT2D eigenvalue weighted by Gasteiger charge is 2.21. The van der Waals surface area contributed by atoms with Crippen LogP contribution >= 0.6 is 11.6 Å². The molecular weight excluding hydrogens is 398 g/mol. The second-order valence-corrected chi connectivity index (χ2v) is 7.06. The molecule has 0 aliphatic carbocycles. The predicted molar refractivity (Wildman–Crippen MR) is 119 cm³/mol. The van der Waals surface area contributed by atoms with Crippen LogP contribution in [0.3, 0.4) is 0 Å². The molecule has 1 aliphatic heterocycles. The standard InChI is InChI=1S/C23H20ClN5O/c24-21-14-20(27-17-19(15-25)16-26)7-8-22(21)28-10-12-29(13-11-28)23(30)9-6-18-4-2-1-3-5-18/h1-9,14,17,27H,10-13H2. The first-order valence-electron chi connectivity index (χ1n) is 9.44. The van der Waals surface area contributed by atoms with Crippen molar-refractivity contribution in [2.24, 2.45) is 0 Å². The van der Waals surface area contributed by atoms with Gasteiger partial charge < -0.3 is 15.1 Å². The summed E-state index contributed by atoms with van der Waals surface area (Å²) in [5.74, 6) is 0.00160. The largest absolute Gasteiger partial charge is 0.367 e. The summed E-state index contributed by atoms with van der Waals surface area (Å²) < 4.78 is 0. The average molecular weight is 418 g/mol. The topological polar surface area (TPSA) is 83.2 Å². The average Bonchev–Trinajstić information content (AvgIpc) is 2.79. The number of nitrogens with one attached hydrogen (secondary N) is 1. The number of nitriles is 2. The SMILES string of the molecule is N#CC(C#N)=CNc1ccc(N2CCN(C(=O)C=Cc3ccccc3)CC2)c(Cl)c1. The monoisotopic (exact) mass is 417 g/mol. The van der Waals surface area contributed by atoms with Crippen molar-refractivity contribution in [2.45, 2.75) is 0 Å². The third-order valence-electron chi connectivity index (χ3n) is 4.72. The van der Waals surface area contributed by atoms with Gasteiger partial charge in [-0.2, -0.15) is 10.5 Å². The van der Waals surface area contributed by atoms with Crippen LogP contribution in [-0.4, -0.2) is 37.0 Å². The fourth-order valence-electron chi connectivity index (χ4n) is 3.10. The molecule has 150 valence electrons. The molecule has 1 saturated heterocycles. The molecule has 0 saturated carbocycles. The predicted octanol–water partition coefficient (Wildman–Crippen LogP) is 4.04. The zero-order valence-electron chi connectivity index (χ0n) is 16.3. The zero-order chi connectivity index (χ0) is 21.3. The molecule has 1 fully saturated rings. The van der Waals surface area contributed by atoms with Gasteiger partial charge in [-0.1, -0.05) is 41.9 Å². The first-order chi connectivity index (χ1) is 14.6. The van der Waals surface area contributed by atoms with Crippen molar-refractivity contribution >= 4 is 35.0 Å². The van der Waals surface area contributed by atoms with Gasteiger partial charge in [0.25, 0.3) is 0 Å². The summed E-state index contributed by atoms with van der Waals surface area (Å²) in [5.41, 5.74) is 2.55. The summed E-state index contributed by atoms with van der Waals surface area (Å²) in [6, 6.07) is 18.8. The van der Waals surface area contributed by atoms with E-state index in [0.717, 1.165) is 11.3 Å². The Bertz CT molecular complexity index is 1030. The lowest BCUT2D eigenvalue weighted by atomic mass is 10.2. The second-order valence-electron chi connectivity index (χ2n) is 6.65. The van der Waals surface area contributed by atoms with Gasteiger partial charge in [0.2, 0.25) is 5.91 Å². The van der Waals surface area contributed by atoms with Crippen molar-refractivity contribution in [1.82, 2.24) is 4.90 Å². The van der Waals surface area contributed by atoms with Gasteiger partial charge in [-0.3, -0.25) is 4.79 Å². The Hall–Kier alpha value is -3.74. The molecule has 0 unspecified atom stereocenters. The van der Waals surface area contributed by atoms with E-state index in [-0.39, 0.29) is 11.5 Å². The van der Waals surface area contributed by atoms with E-state index in [1.807, 2.05) is 53.4 Å². The van der Waals surface area contributed by atoms with Crippen LogP contribution in [0.5, 0.6) is 0 Å². The minimum absolute atomic E-state index is 0.00160. The highest BCUT2D eigenvalue weighted by molar-refractivity contribution is 6.33. The van der Waals surface area contributed by atoms with Gasteiger partial charge in [0.05, 0.1) is 10.7 Å². The first-order valence-corrected chi connectivity index (χ1v) is 9.82. The third-order valence-corrected chi connectivity index (χ3v) is 5.02. The van der Waals surface area contributed by atoms with E-state index < -0.39 is 0 Å². The molecule has 1 heterocycles. The summed E-state index contributed by atoms with van der Waals surface area (Å²) in [4.78, 5) is 16.4. The molecule has 0 spiro atoms. The molecule has 7 heteroatoms. The lowest BCUT2D eigenvalue weighted by molar-refractivity contribution is -0.126. The summed E-state index contributed by atoms with van der Waals surface area (Å²) >= 11 is 6.44. The number of hydrogen-bond acceptors (Lipinski definition) is 5. The highest BCUT2D eigenvalue weighted by atomic mass is 35.5. The van der Waals surface area contributed by atoms with Crippen LogP contribution in [0.2, 0.25) is 5.02 Å². The zero-order valence-corrected chi connectivity index (χ0v) is 17.0. The van der Waals surface area contributed by atoms with E-state index in [1.54, 1.807) is 24.3 Å². The first kappa shape index (κ1) is 21.0. The number of amides is 1. The number of piperazine rings is 1. The number of halogens is 1. The Morgan fingerprint density at radius 3 is 2.37 bits per heavy atom. The van der Waals surface area contributed by atoms with Gasteiger partial charge in [0.15, 0.2) is 0 Å². The lowest BCUT2D eigenvalue weighted by Crippen LogP contribution is -2.48. The number of anilines is 2. The minimum Gasteiger partial charge on any atom is -0.367 e. The van der Waals surface area contributed by atoms with Crippen LogP contribution in [0.25, 0.3) is 6.08 Å². The van der Waals surface area contributed by atoms with Gasteiger partial charge >= 0.3 is 0 Å². The lowest BCUT2D eigenvalue weighted by Gasteiger charge is -2.36. The van der Waals surface area contributed by atoms with Crippen molar-refractivity contribution in [3.05, 3.63) is 77.0 Å². The molecule has 3 rings (SSSR count). The maximum Gasteiger partial charge on any atom is 0.246 e. The van der Waals surface area contributed by atoms with Gasteiger partial charge in [0, 0.05) is 44.1 Å². The molecule has 0 bridgehead atoms. The van der Waals surface area contributed by atoms with Gasteiger partial charge in [0.1, 0.15) is 17.7 Å². The van der Waals surface area contributed by atoms with Crippen LogP contribution in [0.4, 0.5) is 11.4 Å². The van der Waals surface area contributed by atoms with Gasteiger partial charge in [-0.05, 0) is 29.8 Å². The van der Waals surface area contributed by atoms with Crippen molar-refractivity contribution in [1.29, 1.82) is 10.5 Å². The molecule has 1 amide bonds. The number of allylic oxidation sites excluding steroid dienone is 1. The van der Waals surface area contributed by atoms with E-state index in [4.69, 9.17) is 22.1 Å². The Labute approximate surface area is 180 Å². The van der Waals surface area contributed by atoms with E-state index in [1.165, 1.54) is 6.20 Å². The molecule has 2 aromatic carbocycles. The minimum atomic E-state index is -0.0164. The quantitative estimate of drug-likeness (QED) is 0.586. The molecule has 6 nitrogen and oxygen atoms in total. The van der Waals surface area contributed by atoms with E-state index in [0.29, 0.717) is 36.9 Å². The molecule has 2 aromatic rings. The third kappa shape index (κ3) is 5.41. The molecule has 0 radical (unpaired) electrons. The maximum absolute atomic E-state index is 12.4. The van der Waals surface area contributed by atoms with Crippen molar-refractivity contribution in [3.63, 3.8) is 0 Å². The smallest absolute Gasteiger partial charge is 0.246 e. The van der Waals surface area contributed by atoms with Gasteiger partial charge in [-0.25, -0.2) is 0 Å². The highest BCUT2D eigenvalue weighted by Crippen LogP contribution is 2.29. The molecular formula is C23H20ClN5O. The molecule has 0 atom stereocenters. The maximum atomic E-state index is 12.4. The molecule has 1 N–H and O–H groups in total. The Kier molecular flexibility index (Phi) is 7.10. The normalized spacial score (nSPS) is 13.4. The number of nitrogens with zero attached hydrogens (tertiary/aromatic N) is 4. The number of carbonyl (C=O) groups is 1. The molecule has 1 aliphatic rings. The van der Waals surface area contributed by atoms with E-state index in [2.05, 4.69) is 10.2 Å². The van der Waals surface area contributed by atoms with Crippen LogP contribution < -0.4 is 10.2 Å². The second kappa shape index (κ2) is 10.2. The Morgan fingerprint density at radius 1 is 1.03 bits per heavy atom. The van der Waals surface area contributed by atoms with E-state index >= 15 is 0 Å². The van der Waals surface area contributed by atoms with Gasteiger partial charge in [-0.15, -0.1) is 0 Å². The molecule has 30 heavy (non-hydrogen) atoms. The summed E-state index contributed by atoms with van der Waals surface area (Å²) in [6.45, 7) is 2.60. The Balaban J connectivity index is 1.57. The Morgan fingerprint density at radius 2 is 1.73 bits per heavy atom. The van der Waals surface area contributed by atoms with Crippen LogP contribution in [0.15, 0.2) is 66.4 Å². The molecule has 0 aromatic heterocycles. The van der Waals surface area contributed by atoms with E-state index in [9.17, 15) is 4.79 Å². The van der Waals surface area contributed by atoms with Crippen molar-refractivity contribution in [3.8, 4) is 12.1 Å². The fraction of sp³-hybridized carbons (Fsp3) is 0.174. The number of carbonyl (C=O) groups excluding carboxylic acids is 1. The fourth-order valence-corrected chi connectivity index (χ4v) is 3.40. The van der Waals surface area contributed by atoms with Crippen LogP contribution in [-0.2, 0) is 4.79 Å². The summed E-state index contributed by atoms with van der Waals surface area (Å²) in [6.07, 6.45) is 4.79. The number of hydrogen-bond donors (Lipinski definition) is 1. The number of benzene rings is 2. The van der Waals surface area contributed by atoms with Crippen molar-refractivity contribution in [2.75, 3.05) is 36.4 Å². The van der Waals surface area contributed by atoms with Crippen molar-refractivity contribution < 1.29 is 4.79 Å². The summed E-state index contributed by atoms with van der Waals surface area (Å²) in [5, 5.41) is 21.0. The van der Waals surface area contributed by atoms with Crippen LogP contribution in [0.1, 0.15) is 5.56 Å². The van der Waals surface area contributed by atoms with Crippen LogP contribution in [0, 0.1) is 22.7 Å². The summed E-state index contributed by atoms with van der Waals surface area (Å²) in [7, 11) is 0.